The summed E-state index contributed by atoms with van der Waals surface area (Å²) < 4.78 is 10.2. The van der Waals surface area contributed by atoms with E-state index in [2.05, 4.69) is 10.4 Å². The zero-order chi connectivity index (χ0) is 23.7. The lowest BCUT2D eigenvalue weighted by atomic mass is 9.96. The first-order chi connectivity index (χ1) is 15.3. The molecular weight excluding hydrogens is 420 g/mol. The first-order valence-corrected chi connectivity index (χ1v) is 9.77. The van der Waals surface area contributed by atoms with Gasteiger partial charge >= 0.3 is 11.9 Å². The van der Waals surface area contributed by atoms with Gasteiger partial charge < -0.3 is 19.7 Å². The second kappa shape index (κ2) is 11.8. The third-order valence-electron chi connectivity index (χ3n) is 4.78. The number of nitroso groups, excluding NO2 is 2. The number of aliphatic hydroxyl groups is 2. The molecule has 0 heterocycles. The van der Waals surface area contributed by atoms with Crippen molar-refractivity contribution in [2.45, 2.75) is 25.9 Å². The molecule has 170 valence electrons. The van der Waals surface area contributed by atoms with E-state index < -0.39 is 37.2 Å². The van der Waals surface area contributed by atoms with Gasteiger partial charge in [0.2, 0.25) is 0 Å². The molecule has 0 aliphatic heterocycles. The van der Waals surface area contributed by atoms with Gasteiger partial charge in [-0.05, 0) is 48.2 Å². The molecule has 2 aromatic rings. The topological polar surface area (TPSA) is 152 Å². The number of carbonyl (C=O) groups excluding carboxylic acids is 2. The van der Waals surface area contributed by atoms with Crippen molar-refractivity contribution >= 4 is 11.9 Å². The fourth-order valence-electron chi connectivity index (χ4n) is 2.78. The molecule has 10 nitrogen and oxygen atoms in total. The van der Waals surface area contributed by atoms with Crippen LogP contribution in [0.2, 0.25) is 0 Å². The Morgan fingerprint density at radius 3 is 1.47 bits per heavy atom. The van der Waals surface area contributed by atoms with Crippen LogP contribution in [0.5, 0.6) is 0 Å². The minimum absolute atomic E-state index is 0.262. The van der Waals surface area contributed by atoms with E-state index in [9.17, 15) is 19.4 Å². The van der Waals surface area contributed by atoms with E-state index in [1.165, 1.54) is 0 Å². The summed E-state index contributed by atoms with van der Waals surface area (Å²) in [6, 6.07) is 8.09. The van der Waals surface area contributed by atoms with E-state index in [1.807, 2.05) is 0 Å². The summed E-state index contributed by atoms with van der Waals surface area (Å²) in [7, 11) is 0. The molecule has 2 unspecified atom stereocenters. The normalized spacial score (nSPS) is 12.5. The predicted octanol–water partition coefficient (Wildman–Crippen LogP) is 2.54. The fourth-order valence-corrected chi connectivity index (χ4v) is 2.78. The van der Waals surface area contributed by atoms with Gasteiger partial charge in [-0.2, -0.15) is 9.81 Å². The van der Waals surface area contributed by atoms with E-state index in [4.69, 9.17) is 19.7 Å². The summed E-state index contributed by atoms with van der Waals surface area (Å²) in [6.45, 7) is 1.71. The van der Waals surface area contributed by atoms with Gasteiger partial charge in [0.1, 0.15) is 25.3 Å². The number of aliphatic hydroxyl groups excluding tert-OH is 2. The second-order valence-corrected chi connectivity index (χ2v) is 7.14. The van der Waals surface area contributed by atoms with Crippen molar-refractivity contribution in [3.63, 3.8) is 0 Å². The number of rotatable bonds is 11. The van der Waals surface area contributed by atoms with Gasteiger partial charge in [0.15, 0.2) is 0 Å². The van der Waals surface area contributed by atoms with Gasteiger partial charge in [0.05, 0.1) is 24.3 Å². The number of esters is 2. The van der Waals surface area contributed by atoms with Gasteiger partial charge in [-0.25, -0.2) is 9.59 Å². The Bertz CT molecular complexity index is 912. The van der Waals surface area contributed by atoms with Crippen LogP contribution in [-0.4, -0.2) is 60.7 Å². The van der Waals surface area contributed by atoms with Crippen LogP contribution in [0.4, 0.5) is 0 Å². The van der Waals surface area contributed by atoms with Gasteiger partial charge in [-0.15, -0.1) is 0 Å². The molecule has 0 amide bonds. The number of hydrogen-bond acceptors (Lipinski definition) is 10. The SMILES string of the molecule is Cc1ccc(-c2ccc(C)c(C(=O)OCC(CO)N=O)c2)cc1C(=O)OCC(CO)N=O. The van der Waals surface area contributed by atoms with Crippen molar-refractivity contribution in [1.82, 2.24) is 0 Å². The second-order valence-electron chi connectivity index (χ2n) is 7.14. The Morgan fingerprint density at radius 1 is 0.781 bits per heavy atom. The van der Waals surface area contributed by atoms with Gasteiger partial charge in [-0.3, -0.25) is 0 Å². The third-order valence-corrected chi connectivity index (χ3v) is 4.78. The highest BCUT2D eigenvalue weighted by Gasteiger charge is 2.18. The van der Waals surface area contributed by atoms with Crippen LogP contribution in [0.25, 0.3) is 11.1 Å². The number of nitrogens with zero attached hydrogens (tertiary/aromatic N) is 2. The fraction of sp³-hybridized carbons (Fsp3) is 0.364. The number of hydrogen-bond donors (Lipinski definition) is 2. The molecule has 2 N–H and O–H groups in total. The molecule has 0 aliphatic carbocycles. The molecular formula is C22H24N2O8. The van der Waals surface area contributed by atoms with E-state index in [0.29, 0.717) is 22.3 Å². The number of ether oxygens (including phenoxy) is 2. The van der Waals surface area contributed by atoms with Crippen LogP contribution < -0.4 is 0 Å². The summed E-state index contributed by atoms with van der Waals surface area (Å²) in [6.07, 6.45) is 0. The average Bonchev–Trinajstić information content (AvgIpc) is 2.80. The van der Waals surface area contributed by atoms with Gasteiger partial charge in [-0.1, -0.05) is 34.6 Å². The quantitative estimate of drug-likeness (QED) is 0.396. The molecule has 0 aliphatic rings. The standard InChI is InChI=1S/C22H24N2O8/c1-13-3-5-15(7-19(13)21(27)31-11-17(9-25)23-29)16-6-4-14(2)20(8-16)22(28)32-12-18(10-26)24-30/h3-8,17-18,25-26H,9-12H2,1-2H3. The van der Waals surface area contributed by atoms with E-state index in [-0.39, 0.29) is 24.3 Å². The highest BCUT2D eigenvalue weighted by atomic mass is 16.5. The van der Waals surface area contributed by atoms with Crippen LogP contribution in [0, 0.1) is 23.7 Å². The molecule has 2 aromatic carbocycles. The molecule has 0 saturated carbocycles. The summed E-state index contributed by atoms with van der Waals surface area (Å²) >= 11 is 0. The zero-order valence-corrected chi connectivity index (χ0v) is 17.7. The molecule has 2 atom stereocenters. The first kappa shape index (κ1) is 24.8. The Balaban J connectivity index is 2.26. The van der Waals surface area contributed by atoms with Crippen molar-refractivity contribution < 1.29 is 29.3 Å². The number of carbonyl (C=O) groups is 2. The number of aryl methyl sites for hydroxylation is 2. The maximum Gasteiger partial charge on any atom is 0.338 e. The Morgan fingerprint density at radius 2 is 1.16 bits per heavy atom. The van der Waals surface area contributed by atoms with Crippen molar-refractivity contribution in [2.75, 3.05) is 26.4 Å². The lowest BCUT2D eigenvalue weighted by Crippen LogP contribution is -2.20. The molecule has 0 radical (unpaired) electrons. The lowest BCUT2D eigenvalue weighted by molar-refractivity contribution is 0.0444. The molecule has 0 aromatic heterocycles. The van der Waals surface area contributed by atoms with E-state index in [0.717, 1.165) is 0 Å². The van der Waals surface area contributed by atoms with Crippen molar-refractivity contribution in [3.05, 3.63) is 68.5 Å². The Kier molecular flexibility index (Phi) is 9.11. The Hall–Kier alpha value is -3.50. The predicted molar refractivity (Wildman–Crippen MR) is 115 cm³/mol. The van der Waals surface area contributed by atoms with Gasteiger partial charge in [0.25, 0.3) is 0 Å². The Labute approximate surface area is 184 Å². The molecule has 10 heteroatoms. The molecule has 0 bridgehead atoms. The summed E-state index contributed by atoms with van der Waals surface area (Å²) in [5.74, 6) is -1.34. The van der Waals surface area contributed by atoms with E-state index in [1.54, 1.807) is 50.2 Å². The average molecular weight is 444 g/mol. The molecule has 32 heavy (non-hydrogen) atoms. The molecule has 0 saturated heterocycles. The van der Waals surface area contributed by atoms with Crippen LogP contribution in [0.3, 0.4) is 0 Å². The molecule has 0 spiro atoms. The monoisotopic (exact) mass is 444 g/mol. The highest BCUT2D eigenvalue weighted by Crippen LogP contribution is 2.26. The zero-order valence-electron chi connectivity index (χ0n) is 17.7. The molecule has 0 fully saturated rings. The van der Waals surface area contributed by atoms with Crippen LogP contribution in [-0.2, 0) is 9.47 Å². The largest absolute Gasteiger partial charge is 0.460 e. The smallest absolute Gasteiger partial charge is 0.338 e. The van der Waals surface area contributed by atoms with E-state index >= 15 is 0 Å². The van der Waals surface area contributed by atoms with Crippen molar-refractivity contribution in [3.8, 4) is 11.1 Å². The summed E-state index contributed by atoms with van der Waals surface area (Å²) in [5, 5.41) is 23.3. The number of benzene rings is 2. The van der Waals surface area contributed by atoms with Crippen LogP contribution in [0.1, 0.15) is 31.8 Å². The van der Waals surface area contributed by atoms with Crippen molar-refractivity contribution in [2.24, 2.45) is 10.4 Å². The highest BCUT2D eigenvalue weighted by molar-refractivity contribution is 5.94. The maximum absolute atomic E-state index is 12.4. The minimum atomic E-state index is -1.03. The lowest BCUT2D eigenvalue weighted by Gasteiger charge is -2.13. The summed E-state index contributed by atoms with van der Waals surface area (Å²) in [5.41, 5.74) is 3.07. The van der Waals surface area contributed by atoms with Crippen molar-refractivity contribution in [1.29, 1.82) is 0 Å². The third kappa shape index (κ3) is 6.25. The summed E-state index contributed by atoms with van der Waals surface area (Å²) in [4.78, 5) is 46.0. The molecule has 2 rings (SSSR count). The minimum Gasteiger partial charge on any atom is -0.460 e. The van der Waals surface area contributed by atoms with Crippen LogP contribution >= 0.6 is 0 Å². The van der Waals surface area contributed by atoms with Crippen LogP contribution in [0.15, 0.2) is 46.8 Å². The van der Waals surface area contributed by atoms with Gasteiger partial charge in [0, 0.05) is 0 Å². The first-order valence-electron chi connectivity index (χ1n) is 9.77. The maximum atomic E-state index is 12.4.